The molecular weight excluding hydrogens is 328 g/mol. The van der Waals surface area contributed by atoms with Crippen molar-refractivity contribution in [2.45, 2.75) is 31.7 Å². The summed E-state index contributed by atoms with van der Waals surface area (Å²) in [5, 5.41) is 5.43. The lowest BCUT2D eigenvalue weighted by atomic mass is 9.97. The number of nitrogens with one attached hydrogen (secondary N) is 2. The number of carbonyl (C=O) groups is 3. The highest BCUT2D eigenvalue weighted by molar-refractivity contribution is 6.03. The molecule has 26 heavy (non-hydrogen) atoms. The summed E-state index contributed by atoms with van der Waals surface area (Å²) in [5.41, 5.74) is 4.06. The SMILES string of the molecule is O=C1C[C@@H](Cc2ccc(C(=O)N[C@H]3CCc4ccccc43)cc2)C(=O)N1. The van der Waals surface area contributed by atoms with Crippen LogP contribution in [-0.2, 0) is 22.4 Å². The highest BCUT2D eigenvalue weighted by Crippen LogP contribution is 2.30. The Morgan fingerprint density at radius 2 is 1.85 bits per heavy atom. The molecule has 2 atom stereocenters. The molecule has 0 aromatic heterocycles. The maximum absolute atomic E-state index is 12.5. The molecule has 1 saturated heterocycles. The van der Waals surface area contributed by atoms with E-state index in [0.29, 0.717) is 12.0 Å². The first-order valence-corrected chi connectivity index (χ1v) is 8.91. The summed E-state index contributed by atoms with van der Waals surface area (Å²) < 4.78 is 0. The second kappa shape index (κ2) is 6.75. The van der Waals surface area contributed by atoms with E-state index in [2.05, 4.69) is 22.8 Å². The van der Waals surface area contributed by atoms with Crippen LogP contribution in [0.5, 0.6) is 0 Å². The van der Waals surface area contributed by atoms with Gasteiger partial charge < -0.3 is 5.32 Å². The van der Waals surface area contributed by atoms with E-state index in [1.54, 1.807) is 12.1 Å². The zero-order chi connectivity index (χ0) is 18.1. The average Bonchev–Trinajstić information content (AvgIpc) is 3.18. The van der Waals surface area contributed by atoms with Gasteiger partial charge in [-0.15, -0.1) is 0 Å². The van der Waals surface area contributed by atoms with Gasteiger partial charge in [0.1, 0.15) is 0 Å². The van der Waals surface area contributed by atoms with Gasteiger partial charge in [-0.2, -0.15) is 0 Å². The fraction of sp³-hybridized carbons (Fsp3) is 0.286. The number of amides is 3. The number of fused-ring (bicyclic) bond motifs is 1. The third-order valence-corrected chi connectivity index (χ3v) is 5.20. The first kappa shape index (κ1) is 16.5. The van der Waals surface area contributed by atoms with Crippen LogP contribution in [0.25, 0.3) is 0 Å². The number of aryl methyl sites for hydroxylation is 1. The fourth-order valence-corrected chi connectivity index (χ4v) is 3.80. The van der Waals surface area contributed by atoms with Gasteiger partial charge in [0, 0.05) is 12.0 Å². The van der Waals surface area contributed by atoms with Crippen LogP contribution in [0.15, 0.2) is 48.5 Å². The van der Waals surface area contributed by atoms with Gasteiger partial charge in [0.15, 0.2) is 0 Å². The predicted molar refractivity (Wildman–Crippen MR) is 96.4 cm³/mol. The van der Waals surface area contributed by atoms with Gasteiger partial charge in [0.25, 0.3) is 5.91 Å². The van der Waals surface area contributed by atoms with E-state index < -0.39 is 0 Å². The summed E-state index contributed by atoms with van der Waals surface area (Å²) in [4.78, 5) is 35.5. The third kappa shape index (κ3) is 3.25. The van der Waals surface area contributed by atoms with Crippen LogP contribution in [0, 0.1) is 5.92 Å². The molecule has 1 aliphatic heterocycles. The van der Waals surface area contributed by atoms with Crippen LogP contribution in [0.2, 0.25) is 0 Å². The molecule has 0 unspecified atom stereocenters. The molecule has 0 saturated carbocycles. The summed E-state index contributed by atoms with van der Waals surface area (Å²) in [6.07, 6.45) is 2.66. The van der Waals surface area contributed by atoms with E-state index in [0.717, 1.165) is 18.4 Å². The maximum atomic E-state index is 12.5. The lowest BCUT2D eigenvalue weighted by Gasteiger charge is -2.14. The van der Waals surface area contributed by atoms with Crippen molar-refractivity contribution in [3.8, 4) is 0 Å². The number of rotatable bonds is 4. The number of hydrogen-bond donors (Lipinski definition) is 2. The van der Waals surface area contributed by atoms with E-state index in [1.165, 1.54) is 11.1 Å². The normalized spacial score (nSPS) is 21.4. The molecule has 1 fully saturated rings. The maximum Gasteiger partial charge on any atom is 0.251 e. The number of hydrogen-bond acceptors (Lipinski definition) is 3. The molecule has 1 aliphatic carbocycles. The molecule has 0 spiro atoms. The highest BCUT2D eigenvalue weighted by Gasteiger charge is 2.30. The van der Waals surface area contributed by atoms with Crippen molar-refractivity contribution in [3.63, 3.8) is 0 Å². The van der Waals surface area contributed by atoms with E-state index in [-0.39, 0.29) is 36.1 Å². The summed E-state index contributed by atoms with van der Waals surface area (Å²) in [6, 6.07) is 15.5. The molecule has 4 rings (SSSR count). The minimum Gasteiger partial charge on any atom is -0.345 e. The number of benzene rings is 2. The van der Waals surface area contributed by atoms with Gasteiger partial charge in [0.05, 0.1) is 12.0 Å². The van der Waals surface area contributed by atoms with Crippen LogP contribution < -0.4 is 10.6 Å². The molecule has 132 valence electrons. The Kier molecular flexibility index (Phi) is 4.29. The molecule has 0 bridgehead atoms. The van der Waals surface area contributed by atoms with Crippen molar-refractivity contribution >= 4 is 17.7 Å². The topological polar surface area (TPSA) is 75.3 Å². The van der Waals surface area contributed by atoms with E-state index >= 15 is 0 Å². The zero-order valence-electron chi connectivity index (χ0n) is 14.3. The van der Waals surface area contributed by atoms with Crippen molar-refractivity contribution in [2.24, 2.45) is 5.92 Å². The Morgan fingerprint density at radius 3 is 2.58 bits per heavy atom. The van der Waals surface area contributed by atoms with Crippen LogP contribution in [-0.4, -0.2) is 17.7 Å². The quantitative estimate of drug-likeness (QED) is 0.833. The summed E-state index contributed by atoms with van der Waals surface area (Å²) in [5.74, 6) is -0.825. The molecule has 1 heterocycles. The van der Waals surface area contributed by atoms with Crippen molar-refractivity contribution in [1.29, 1.82) is 0 Å². The molecule has 2 aromatic carbocycles. The average molecular weight is 348 g/mol. The van der Waals surface area contributed by atoms with Crippen molar-refractivity contribution in [2.75, 3.05) is 0 Å². The van der Waals surface area contributed by atoms with E-state index in [9.17, 15) is 14.4 Å². The highest BCUT2D eigenvalue weighted by atomic mass is 16.2. The van der Waals surface area contributed by atoms with Gasteiger partial charge in [-0.3, -0.25) is 19.7 Å². The van der Waals surface area contributed by atoms with Crippen molar-refractivity contribution in [1.82, 2.24) is 10.6 Å². The standard InChI is InChI=1S/C21H20N2O3/c24-19-12-16(21(26)23-19)11-13-5-7-15(8-6-13)20(25)22-18-10-9-14-3-1-2-4-17(14)18/h1-8,16,18H,9-12H2,(H,22,25)(H,23,24,26)/t16-,18+/m1/s1. The second-order valence-corrected chi connectivity index (χ2v) is 6.98. The summed E-state index contributed by atoms with van der Waals surface area (Å²) in [6.45, 7) is 0. The molecule has 2 aromatic rings. The predicted octanol–water partition coefficient (Wildman–Crippen LogP) is 2.31. The molecule has 2 N–H and O–H groups in total. The van der Waals surface area contributed by atoms with Gasteiger partial charge in [-0.1, -0.05) is 36.4 Å². The van der Waals surface area contributed by atoms with Crippen molar-refractivity contribution in [3.05, 3.63) is 70.8 Å². The van der Waals surface area contributed by atoms with Gasteiger partial charge in [0.2, 0.25) is 11.8 Å². The van der Waals surface area contributed by atoms with Crippen LogP contribution >= 0.6 is 0 Å². The van der Waals surface area contributed by atoms with Crippen LogP contribution in [0.4, 0.5) is 0 Å². The Bertz CT molecular complexity index is 873. The lowest BCUT2D eigenvalue weighted by molar-refractivity contribution is -0.125. The summed E-state index contributed by atoms with van der Waals surface area (Å²) in [7, 11) is 0. The monoisotopic (exact) mass is 348 g/mol. The molecule has 2 aliphatic rings. The Balaban J connectivity index is 1.40. The van der Waals surface area contributed by atoms with Gasteiger partial charge >= 0.3 is 0 Å². The smallest absolute Gasteiger partial charge is 0.251 e. The first-order valence-electron chi connectivity index (χ1n) is 8.91. The van der Waals surface area contributed by atoms with E-state index in [1.807, 2.05) is 24.3 Å². The van der Waals surface area contributed by atoms with Crippen LogP contribution in [0.3, 0.4) is 0 Å². The molecule has 3 amide bonds. The van der Waals surface area contributed by atoms with Gasteiger partial charge in [-0.25, -0.2) is 0 Å². The molecule has 5 nitrogen and oxygen atoms in total. The fourth-order valence-electron chi connectivity index (χ4n) is 3.80. The summed E-state index contributed by atoms with van der Waals surface area (Å²) >= 11 is 0. The zero-order valence-corrected chi connectivity index (χ0v) is 14.3. The Labute approximate surface area is 151 Å². The van der Waals surface area contributed by atoms with Gasteiger partial charge in [-0.05, 0) is 48.1 Å². The third-order valence-electron chi connectivity index (χ3n) is 5.20. The lowest BCUT2D eigenvalue weighted by Crippen LogP contribution is -2.27. The number of imide groups is 1. The number of carbonyl (C=O) groups excluding carboxylic acids is 3. The minimum absolute atomic E-state index is 0.0616. The van der Waals surface area contributed by atoms with Crippen molar-refractivity contribution < 1.29 is 14.4 Å². The first-order chi connectivity index (χ1) is 12.6. The molecule has 5 heteroatoms. The minimum atomic E-state index is -0.308. The second-order valence-electron chi connectivity index (χ2n) is 6.98. The molecular formula is C21H20N2O3. The largest absolute Gasteiger partial charge is 0.345 e. The molecule has 0 radical (unpaired) electrons. The Hall–Kier alpha value is -2.95. The Morgan fingerprint density at radius 1 is 1.08 bits per heavy atom. The van der Waals surface area contributed by atoms with Crippen LogP contribution in [0.1, 0.15) is 45.9 Å². The van der Waals surface area contributed by atoms with E-state index in [4.69, 9.17) is 0 Å².